The van der Waals surface area contributed by atoms with E-state index >= 15 is 0 Å². The maximum atomic E-state index is 11.9. The lowest BCUT2D eigenvalue weighted by molar-refractivity contribution is -0.174. The minimum absolute atomic E-state index is 0.0118. The average molecular weight is 272 g/mol. The maximum Gasteiger partial charge on any atom is 0.411 e. The molecular weight excluding hydrogens is 257 g/mol. The maximum absolute atomic E-state index is 11.9. The number of alkyl halides is 3. The zero-order valence-electron chi connectivity index (χ0n) is 10.8. The molecule has 0 amide bonds. The summed E-state index contributed by atoms with van der Waals surface area (Å²) in [6.45, 7) is 3.15. The standard InChI is InChI=1S/C13H15F3N2O/c1-9-5-11-12(6-10(9)2)18(8-17-11)3-4-19-7-13(14,15)16/h5-6,8H,3-4,7H2,1-2H3. The monoisotopic (exact) mass is 272 g/mol. The fourth-order valence-corrected chi connectivity index (χ4v) is 1.84. The summed E-state index contributed by atoms with van der Waals surface area (Å²) in [5.41, 5.74) is 4.04. The molecule has 6 heteroatoms. The van der Waals surface area contributed by atoms with Crippen LogP contribution in [0, 0.1) is 13.8 Å². The molecule has 0 N–H and O–H groups in total. The first-order valence-electron chi connectivity index (χ1n) is 5.93. The van der Waals surface area contributed by atoms with Gasteiger partial charge in [0, 0.05) is 6.54 Å². The number of aromatic nitrogens is 2. The molecule has 0 aliphatic carbocycles. The molecule has 2 rings (SSSR count). The third kappa shape index (κ3) is 3.47. The number of halogens is 3. The lowest BCUT2D eigenvalue weighted by Crippen LogP contribution is -2.18. The summed E-state index contributed by atoms with van der Waals surface area (Å²) < 4.78 is 42.2. The van der Waals surface area contributed by atoms with Crippen molar-refractivity contribution in [3.8, 4) is 0 Å². The number of aryl methyl sites for hydroxylation is 2. The molecule has 0 atom stereocenters. The van der Waals surface area contributed by atoms with Gasteiger partial charge in [-0.1, -0.05) is 0 Å². The first-order valence-corrected chi connectivity index (χ1v) is 5.93. The fraction of sp³-hybridized carbons (Fsp3) is 0.462. The van der Waals surface area contributed by atoms with E-state index in [0.717, 1.165) is 22.2 Å². The summed E-state index contributed by atoms with van der Waals surface area (Å²) in [5.74, 6) is 0. The molecule has 1 aromatic heterocycles. The normalized spacial score (nSPS) is 12.3. The van der Waals surface area contributed by atoms with Crippen molar-refractivity contribution in [2.75, 3.05) is 13.2 Å². The van der Waals surface area contributed by atoms with Gasteiger partial charge in [0.2, 0.25) is 0 Å². The highest BCUT2D eigenvalue weighted by molar-refractivity contribution is 5.77. The zero-order chi connectivity index (χ0) is 14.0. The number of benzene rings is 1. The summed E-state index contributed by atoms with van der Waals surface area (Å²) in [5, 5.41) is 0. The van der Waals surface area contributed by atoms with Crippen LogP contribution in [0.5, 0.6) is 0 Å². The summed E-state index contributed by atoms with van der Waals surface area (Å²) in [6.07, 6.45) is -2.65. The van der Waals surface area contributed by atoms with Gasteiger partial charge in [0.05, 0.1) is 24.0 Å². The second-order valence-electron chi connectivity index (χ2n) is 4.53. The third-order valence-electron chi connectivity index (χ3n) is 2.98. The van der Waals surface area contributed by atoms with Gasteiger partial charge in [-0.2, -0.15) is 13.2 Å². The molecule has 0 aliphatic rings. The number of ether oxygens (including phenoxy) is 1. The summed E-state index contributed by atoms with van der Waals surface area (Å²) in [4.78, 5) is 4.23. The number of imidazole rings is 1. The Hall–Kier alpha value is -1.56. The second kappa shape index (κ2) is 5.21. The first kappa shape index (κ1) is 13.9. The molecule has 19 heavy (non-hydrogen) atoms. The predicted molar refractivity (Wildman–Crippen MR) is 66.1 cm³/mol. The van der Waals surface area contributed by atoms with Gasteiger partial charge in [-0.05, 0) is 37.1 Å². The Morgan fingerprint density at radius 3 is 2.58 bits per heavy atom. The van der Waals surface area contributed by atoms with E-state index in [0.29, 0.717) is 6.54 Å². The zero-order valence-corrected chi connectivity index (χ0v) is 10.8. The van der Waals surface area contributed by atoms with Gasteiger partial charge in [0.15, 0.2) is 0 Å². The van der Waals surface area contributed by atoms with E-state index < -0.39 is 12.8 Å². The molecule has 0 fully saturated rings. The smallest absolute Gasteiger partial charge is 0.370 e. The number of nitrogens with zero attached hydrogens (tertiary/aromatic N) is 2. The summed E-state index contributed by atoms with van der Waals surface area (Å²) in [6, 6.07) is 3.96. The van der Waals surface area contributed by atoms with Crippen LogP contribution in [0.1, 0.15) is 11.1 Å². The Morgan fingerprint density at radius 2 is 1.89 bits per heavy atom. The Bertz CT molecular complexity index is 575. The fourth-order valence-electron chi connectivity index (χ4n) is 1.84. The van der Waals surface area contributed by atoms with Crippen molar-refractivity contribution in [2.45, 2.75) is 26.6 Å². The van der Waals surface area contributed by atoms with Crippen LogP contribution in [0.15, 0.2) is 18.5 Å². The molecule has 0 saturated heterocycles. The van der Waals surface area contributed by atoms with Crippen molar-refractivity contribution in [2.24, 2.45) is 0 Å². The van der Waals surface area contributed by atoms with E-state index in [-0.39, 0.29) is 6.61 Å². The Balaban J connectivity index is 2.03. The summed E-state index contributed by atoms with van der Waals surface area (Å²) >= 11 is 0. The first-order chi connectivity index (χ1) is 8.87. The highest BCUT2D eigenvalue weighted by Crippen LogP contribution is 2.18. The Morgan fingerprint density at radius 1 is 1.21 bits per heavy atom. The molecule has 0 spiro atoms. The van der Waals surface area contributed by atoms with Crippen LogP contribution in [-0.2, 0) is 11.3 Å². The molecular formula is C13H15F3N2O. The molecule has 2 aromatic rings. The van der Waals surface area contributed by atoms with Crippen LogP contribution in [0.3, 0.4) is 0 Å². The highest BCUT2D eigenvalue weighted by Gasteiger charge is 2.27. The number of hydrogen-bond donors (Lipinski definition) is 0. The topological polar surface area (TPSA) is 27.1 Å². The molecule has 0 aliphatic heterocycles. The number of hydrogen-bond acceptors (Lipinski definition) is 2. The van der Waals surface area contributed by atoms with Crippen molar-refractivity contribution in [1.29, 1.82) is 0 Å². The van der Waals surface area contributed by atoms with E-state index in [1.165, 1.54) is 0 Å². The van der Waals surface area contributed by atoms with Crippen LogP contribution in [0.4, 0.5) is 13.2 Å². The third-order valence-corrected chi connectivity index (χ3v) is 2.98. The van der Waals surface area contributed by atoms with Crippen molar-refractivity contribution in [3.63, 3.8) is 0 Å². The SMILES string of the molecule is Cc1cc2ncn(CCOCC(F)(F)F)c2cc1C. The highest BCUT2D eigenvalue weighted by atomic mass is 19.4. The molecule has 3 nitrogen and oxygen atoms in total. The van der Waals surface area contributed by atoms with Crippen LogP contribution >= 0.6 is 0 Å². The largest absolute Gasteiger partial charge is 0.411 e. The molecule has 1 heterocycles. The van der Waals surface area contributed by atoms with Crippen molar-refractivity contribution >= 4 is 11.0 Å². The van der Waals surface area contributed by atoms with Gasteiger partial charge in [0.25, 0.3) is 0 Å². The Kier molecular flexibility index (Phi) is 3.80. The quantitative estimate of drug-likeness (QED) is 0.799. The summed E-state index contributed by atoms with van der Waals surface area (Å²) in [7, 11) is 0. The van der Waals surface area contributed by atoms with Gasteiger partial charge in [-0.15, -0.1) is 0 Å². The number of fused-ring (bicyclic) bond motifs is 1. The molecule has 0 unspecified atom stereocenters. The second-order valence-corrected chi connectivity index (χ2v) is 4.53. The van der Waals surface area contributed by atoms with E-state index in [1.807, 2.05) is 26.0 Å². The van der Waals surface area contributed by atoms with E-state index in [9.17, 15) is 13.2 Å². The van der Waals surface area contributed by atoms with E-state index in [4.69, 9.17) is 0 Å². The van der Waals surface area contributed by atoms with Gasteiger partial charge >= 0.3 is 6.18 Å². The molecule has 0 saturated carbocycles. The van der Waals surface area contributed by atoms with E-state index in [2.05, 4.69) is 9.72 Å². The minimum Gasteiger partial charge on any atom is -0.370 e. The molecule has 0 bridgehead atoms. The Labute approximate surface area is 109 Å². The van der Waals surface area contributed by atoms with Crippen molar-refractivity contribution in [3.05, 3.63) is 29.6 Å². The van der Waals surface area contributed by atoms with Crippen molar-refractivity contribution < 1.29 is 17.9 Å². The molecule has 0 radical (unpaired) electrons. The van der Waals surface area contributed by atoms with Crippen LogP contribution in [-0.4, -0.2) is 28.9 Å². The lowest BCUT2D eigenvalue weighted by atomic mass is 10.1. The van der Waals surface area contributed by atoms with Crippen LogP contribution in [0.2, 0.25) is 0 Å². The average Bonchev–Trinajstić information content (AvgIpc) is 2.67. The number of rotatable bonds is 4. The molecule has 104 valence electrons. The minimum atomic E-state index is -4.27. The van der Waals surface area contributed by atoms with Gasteiger partial charge < -0.3 is 9.30 Å². The van der Waals surface area contributed by atoms with Gasteiger partial charge in [0.1, 0.15) is 6.61 Å². The van der Waals surface area contributed by atoms with Crippen molar-refractivity contribution in [1.82, 2.24) is 9.55 Å². The van der Waals surface area contributed by atoms with Crippen LogP contribution in [0.25, 0.3) is 11.0 Å². The lowest BCUT2D eigenvalue weighted by Gasteiger charge is -2.09. The van der Waals surface area contributed by atoms with Crippen LogP contribution < -0.4 is 0 Å². The van der Waals surface area contributed by atoms with E-state index in [1.54, 1.807) is 10.9 Å². The molecule has 1 aromatic carbocycles. The predicted octanol–water partition coefficient (Wildman–Crippen LogP) is 3.23. The van der Waals surface area contributed by atoms with Gasteiger partial charge in [-0.3, -0.25) is 0 Å². The van der Waals surface area contributed by atoms with Gasteiger partial charge in [-0.25, -0.2) is 4.98 Å².